The average molecular weight is 391 g/mol. The van der Waals surface area contributed by atoms with E-state index in [0.717, 1.165) is 16.3 Å². The van der Waals surface area contributed by atoms with Crippen molar-refractivity contribution in [2.75, 3.05) is 0 Å². The van der Waals surface area contributed by atoms with Gasteiger partial charge in [0, 0.05) is 5.56 Å². The van der Waals surface area contributed by atoms with Crippen LogP contribution in [0, 0.1) is 6.92 Å². The van der Waals surface area contributed by atoms with Crippen LogP contribution in [0.2, 0.25) is 0 Å². The second-order valence-corrected chi connectivity index (χ2v) is 7.72. The van der Waals surface area contributed by atoms with Gasteiger partial charge in [0.1, 0.15) is 6.54 Å². The third kappa shape index (κ3) is 3.72. The van der Waals surface area contributed by atoms with E-state index < -0.39 is 24.3 Å². The Morgan fingerprint density at radius 3 is 2.25 bits per heavy atom. The lowest BCUT2D eigenvalue weighted by molar-refractivity contribution is -0.138. The van der Waals surface area contributed by atoms with Gasteiger partial charge in [-0.25, -0.2) is 9.67 Å². The number of alkyl halides is 3. The number of fused-ring (bicyclic) bond motifs is 1. The molecule has 1 N–H and O–H groups in total. The maximum absolute atomic E-state index is 13.7. The average Bonchev–Trinajstić information content (AvgIpc) is 2.88. The number of aromatic nitrogens is 3. The maximum atomic E-state index is 13.7. The highest BCUT2D eigenvalue weighted by molar-refractivity contribution is 5.86. The summed E-state index contributed by atoms with van der Waals surface area (Å²) >= 11 is 0. The number of carboxylic acids is 1. The van der Waals surface area contributed by atoms with E-state index in [1.807, 2.05) is 32.9 Å². The zero-order chi connectivity index (χ0) is 20.9. The minimum atomic E-state index is -4.62. The van der Waals surface area contributed by atoms with Crippen molar-refractivity contribution in [3.05, 3.63) is 47.2 Å². The van der Waals surface area contributed by atoms with Crippen LogP contribution in [0.5, 0.6) is 0 Å². The molecular formula is C20H20F3N3O2. The van der Waals surface area contributed by atoms with E-state index in [1.54, 1.807) is 12.1 Å². The number of rotatable bonds is 3. The van der Waals surface area contributed by atoms with Crippen LogP contribution in [0.3, 0.4) is 0 Å². The number of hydrogen-bond donors (Lipinski definition) is 1. The van der Waals surface area contributed by atoms with Crippen LogP contribution in [0.15, 0.2) is 30.3 Å². The fourth-order valence-corrected chi connectivity index (χ4v) is 3.10. The number of aryl methyl sites for hydroxylation is 1. The van der Waals surface area contributed by atoms with E-state index >= 15 is 0 Å². The van der Waals surface area contributed by atoms with Crippen LogP contribution in [-0.2, 0) is 22.9 Å². The molecule has 0 saturated carbocycles. The molecular weight excluding hydrogens is 371 g/mol. The van der Waals surface area contributed by atoms with Crippen LogP contribution in [0.4, 0.5) is 13.2 Å². The van der Waals surface area contributed by atoms with E-state index in [2.05, 4.69) is 10.1 Å². The maximum Gasteiger partial charge on any atom is 0.417 e. The SMILES string of the molecule is Cc1nn(CC(=O)O)c2nc(-c3ccc(C(C)(C)C)cc3)cc(C(F)(F)F)c12. The third-order valence-corrected chi connectivity index (χ3v) is 4.51. The monoisotopic (exact) mass is 391 g/mol. The molecule has 3 rings (SSSR count). The first-order chi connectivity index (χ1) is 12.9. The van der Waals surface area contributed by atoms with Crippen molar-refractivity contribution in [3.8, 4) is 11.3 Å². The summed E-state index contributed by atoms with van der Waals surface area (Å²) in [5.74, 6) is -1.21. The van der Waals surface area contributed by atoms with E-state index in [1.165, 1.54) is 6.92 Å². The predicted octanol–water partition coefficient (Wildman–Crippen LogP) is 4.81. The first kappa shape index (κ1) is 19.9. The van der Waals surface area contributed by atoms with Gasteiger partial charge in [-0.15, -0.1) is 0 Å². The summed E-state index contributed by atoms with van der Waals surface area (Å²) in [7, 11) is 0. The number of halogens is 3. The summed E-state index contributed by atoms with van der Waals surface area (Å²) in [4.78, 5) is 15.4. The largest absolute Gasteiger partial charge is 0.480 e. The summed E-state index contributed by atoms with van der Waals surface area (Å²) in [6.45, 7) is 6.97. The van der Waals surface area contributed by atoms with Gasteiger partial charge in [0.25, 0.3) is 0 Å². The van der Waals surface area contributed by atoms with Crippen molar-refractivity contribution in [3.63, 3.8) is 0 Å². The highest BCUT2D eigenvalue weighted by Crippen LogP contribution is 2.38. The Bertz CT molecular complexity index is 1050. The van der Waals surface area contributed by atoms with Crippen molar-refractivity contribution in [2.24, 2.45) is 0 Å². The number of carbonyl (C=O) groups is 1. The van der Waals surface area contributed by atoms with Crippen LogP contribution in [0.25, 0.3) is 22.3 Å². The molecule has 0 unspecified atom stereocenters. The van der Waals surface area contributed by atoms with Crippen LogP contribution >= 0.6 is 0 Å². The Kier molecular flexibility index (Phi) is 4.69. The summed E-state index contributed by atoms with van der Waals surface area (Å²) < 4.78 is 42.1. The second-order valence-electron chi connectivity index (χ2n) is 7.72. The number of pyridine rings is 1. The Morgan fingerprint density at radius 1 is 1.14 bits per heavy atom. The fraction of sp³-hybridized carbons (Fsp3) is 0.350. The van der Waals surface area contributed by atoms with E-state index in [4.69, 9.17) is 5.11 Å². The lowest BCUT2D eigenvalue weighted by Gasteiger charge is -2.19. The fourth-order valence-electron chi connectivity index (χ4n) is 3.10. The summed E-state index contributed by atoms with van der Waals surface area (Å²) in [6, 6.07) is 8.15. The van der Waals surface area contributed by atoms with Crippen LogP contribution < -0.4 is 0 Å². The Labute approximate surface area is 159 Å². The minimum Gasteiger partial charge on any atom is -0.480 e. The van der Waals surface area contributed by atoms with E-state index in [9.17, 15) is 18.0 Å². The van der Waals surface area contributed by atoms with Crippen molar-refractivity contribution in [1.29, 1.82) is 0 Å². The number of hydrogen-bond acceptors (Lipinski definition) is 3. The van der Waals surface area contributed by atoms with E-state index in [-0.39, 0.29) is 27.8 Å². The molecule has 148 valence electrons. The Balaban J connectivity index is 2.25. The van der Waals surface area contributed by atoms with Gasteiger partial charge in [0.15, 0.2) is 5.65 Å². The first-order valence-corrected chi connectivity index (χ1v) is 8.66. The molecule has 1 aromatic carbocycles. The molecule has 8 heteroatoms. The lowest BCUT2D eigenvalue weighted by atomic mass is 9.86. The van der Waals surface area contributed by atoms with Gasteiger partial charge in [0.2, 0.25) is 0 Å². The van der Waals surface area contributed by atoms with E-state index in [0.29, 0.717) is 5.56 Å². The zero-order valence-electron chi connectivity index (χ0n) is 15.9. The molecule has 0 spiro atoms. The van der Waals surface area contributed by atoms with Crippen molar-refractivity contribution in [1.82, 2.24) is 14.8 Å². The van der Waals surface area contributed by atoms with Crippen molar-refractivity contribution >= 4 is 17.0 Å². The first-order valence-electron chi connectivity index (χ1n) is 8.66. The number of benzene rings is 1. The molecule has 0 fully saturated rings. The summed E-state index contributed by atoms with van der Waals surface area (Å²) in [5.41, 5.74) is 0.703. The molecule has 0 radical (unpaired) electrons. The quantitative estimate of drug-likeness (QED) is 0.696. The third-order valence-electron chi connectivity index (χ3n) is 4.51. The smallest absolute Gasteiger partial charge is 0.417 e. The Morgan fingerprint density at radius 2 is 1.75 bits per heavy atom. The topological polar surface area (TPSA) is 68.0 Å². The molecule has 0 amide bonds. The lowest BCUT2D eigenvalue weighted by Crippen LogP contribution is -2.12. The van der Waals surface area contributed by atoms with Crippen LogP contribution in [0.1, 0.15) is 37.6 Å². The standard InChI is InChI=1S/C20H20F3N3O2/c1-11-17-14(20(21,22)23)9-15(24-18(17)26(25-11)10-16(27)28)12-5-7-13(8-6-12)19(2,3)4/h5-9H,10H2,1-4H3,(H,27,28). The summed E-state index contributed by atoms with van der Waals surface area (Å²) in [5, 5.41) is 12.8. The van der Waals surface area contributed by atoms with Gasteiger partial charge >= 0.3 is 12.1 Å². The molecule has 5 nitrogen and oxygen atoms in total. The second kappa shape index (κ2) is 6.61. The Hall–Kier alpha value is -2.90. The van der Waals surface area contributed by atoms with Gasteiger partial charge in [-0.1, -0.05) is 45.0 Å². The highest BCUT2D eigenvalue weighted by Gasteiger charge is 2.35. The number of nitrogens with zero attached hydrogens (tertiary/aromatic N) is 3. The minimum absolute atomic E-state index is 0.0886. The van der Waals surface area contributed by atoms with Gasteiger partial charge in [0.05, 0.1) is 22.3 Å². The van der Waals surface area contributed by atoms with Crippen LogP contribution in [-0.4, -0.2) is 25.8 Å². The molecule has 0 aliphatic heterocycles. The molecule has 2 aromatic heterocycles. The van der Waals surface area contributed by atoms with Crippen molar-refractivity contribution < 1.29 is 23.1 Å². The van der Waals surface area contributed by atoms with Gasteiger partial charge in [-0.05, 0) is 24.0 Å². The normalized spacial score (nSPS) is 12.5. The molecule has 0 aliphatic rings. The molecule has 0 saturated heterocycles. The molecule has 0 bridgehead atoms. The zero-order valence-corrected chi connectivity index (χ0v) is 15.9. The van der Waals surface area contributed by atoms with Gasteiger partial charge in [-0.3, -0.25) is 4.79 Å². The predicted molar refractivity (Wildman–Crippen MR) is 99.0 cm³/mol. The molecule has 28 heavy (non-hydrogen) atoms. The molecule has 3 aromatic rings. The molecule has 0 atom stereocenters. The molecule has 0 aliphatic carbocycles. The number of carboxylic acid groups (broad SMARTS) is 1. The van der Waals surface area contributed by atoms with Gasteiger partial charge in [-0.2, -0.15) is 18.3 Å². The van der Waals surface area contributed by atoms with Gasteiger partial charge < -0.3 is 5.11 Å². The molecule has 2 heterocycles. The summed E-state index contributed by atoms with van der Waals surface area (Å²) in [6.07, 6.45) is -4.62. The van der Waals surface area contributed by atoms with Crippen molar-refractivity contribution in [2.45, 2.75) is 45.8 Å². The highest BCUT2D eigenvalue weighted by atomic mass is 19.4. The number of aliphatic carboxylic acids is 1.